The molecule has 2 aromatic rings. The van der Waals surface area contributed by atoms with Crippen LogP contribution in [0.15, 0.2) is 30.3 Å². The molecule has 23 heavy (non-hydrogen) atoms. The highest BCUT2D eigenvalue weighted by Crippen LogP contribution is 2.31. The van der Waals surface area contributed by atoms with E-state index in [0.29, 0.717) is 22.6 Å². The molecular formula is C16H14ClFINO3. The Morgan fingerprint density at radius 1 is 1.22 bits per heavy atom. The molecule has 0 saturated heterocycles. The lowest BCUT2D eigenvalue weighted by atomic mass is 10.1. The van der Waals surface area contributed by atoms with Crippen molar-refractivity contribution in [1.29, 1.82) is 0 Å². The van der Waals surface area contributed by atoms with Gasteiger partial charge in [-0.3, -0.25) is 4.79 Å². The summed E-state index contributed by atoms with van der Waals surface area (Å²) in [6, 6.07) is 7.67. The highest BCUT2D eigenvalue weighted by molar-refractivity contribution is 14.1. The normalized spacial score (nSPS) is 10.3. The van der Waals surface area contributed by atoms with Crippen LogP contribution in [0.4, 0.5) is 4.39 Å². The van der Waals surface area contributed by atoms with Gasteiger partial charge in [0, 0.05) is 10.1 Å². The molecule has 0 spiro atoms. The Balaban J connectivity index is 2.15. The maximum Gasteiger partial charge on any atom is 0.252 e. The standard InChI is InChI=1S/C16H14ClFINO3/c1-22-14-6-10(13(19)7-15(14)23-2)16(21)20-8-9-3-4-12(18)11(17)5-9/h3-7H,8H2,1-2H3,(H,20,21). The smallest absolute Gasteiger partial charge is 0.252 e. The number of rotatable bonds is 5. The summed E-state index contributed by atoms with van der Waals surface area (Å²) in [5.74, 6) is 0.272. The fourth-order valence-electron chi connectivity index (χ4n) is 1.96. The largest absolute Gasteiger partial charge is 0.493 e. The van der Waals surface area contributed by atoms with Crippen LogP contribution in [-0.2, 0) is 6.54 Å². The van der Waals surface area contributed by atoms with Crippen molar-refractivity contribution in [2.75, 3.05) is 14.2 Å². The topological polar surface area (TPSA) is 47.6 Å². The fraction of sp³-hybridized carbons (Fsp3) is 0.188. The van der Waals surface area contributed by atoms with Crippen molar-refractivity contribution in [3.8, 4) is 11.5 Å². The van der Waals surface area contributed by atoms with Gasteiger partial charge in [0.15, 0.2) is 11.5 Å². The Kier molecular flexibility index (Phi) is 6.06. The minimum absolute atomic E-state index is 0.0254. The SMILES string of the molecule is COc1cc(I)c(C(=O)NCc2ccc(F)c(Cl)c2)cc1OC. The van der Waals surface area contributed by atoms with Crippen molar-refractivity contribution < 1.29 is 18.7 Å². The van der Waals surface area contributed by atoms with E-state index in [4.69, 9.17) is 21.1 Å². The molecule has 1 N–H and O–H groups in total. The molecule has 0 saturated carbocycles. The second-order valence-electron chi connectivity index (χ2n) is 4.62. The number of hydrogen-bond acceptors (Lipinski definition) is 3. The molecule has 2 rings (SSSR count). The van der Waals surface area contributed by atoms with E-state index in [2.05, 4.69) is 27.9 Å². The Bertz CT molecular complexity index is 740. The van der Waals surface area contributed by atoms with Gasteiger partial charge in [-0.05, 0) is 52.4 Å². The molecule has 0 aliphatic carbocycles. The van der Waals surface area contributed by atoms with E-state index in [0.717, 1.165) is 3.57 Å². The van der Waals surface area contributed by atoms with Crippen molar-refractivity contribution in [2.45, 2.75) is 6.54 Å². The minimum atomic E-state index is -0.490. The first-order valence-corrected chi connectivity index (χ1v) is 8.05. The fourth-order valence-corrected chi connectivity index (χ4v) is 2.84. The van der Waals surface area contributed by atoms with Crippen LogP contribution in [0, 0.1) is 9.39 Å². The van der Waals surface area contributed by atoms with Crippen molar-refractivity contribution in [3.05, 3.63) is 55.9 Å². The average molecular weight is 450 g/mol. The van der Waals surface area contributed by atoms with Crippen LogP contribution in [0.3, 0.4) is 0 Å². The number of hydrogen-bond donors (Lipinski definition) is 1. The molecular weight excluding hydrogens is 436 g/mol. The first kappa shape index (κ1) is 17.8. The minimum Gasteiger partial charge on any atom is -0.493 e. The number of ether oxygens (including phenoxy) is 2. The van der Waals surface area contributed by atoms with Gasteiger partial charge < -0.3 is 14.8 Å². The Morgan fingerprint density at radius 2 is 1.87 bits per heavy atom. The highest BCUT2D eigenvalue weighted by atomic mass is 127. The lowest BCUT2D eigenvalue weighted by molar-refractivity contribution is 0.0949. The molecule has 0 radical (unpaired) electrons. The van der Waals surface area contributed by atoms with E-state index < -0.39 is 5.82 Å². The van der Waals surface area contributed by atoms with Crippen LogP contribution >= 0.6 is 34.2 Å². The number of methoxy groups -OCH3 is 2. The average Bonchev–Trinajstić information content (AvgIpc) is 2.55. The molecule has 0 bridgehead atoms. The molecule has 0 heterocycles. The monoisotopic (exact) mass is 449 g/mol. The summed E-state index contributed by atoms with van der Waals surface area (Å²) in [7, 11) is 3.04. The van der Waals surface area contributed by atoms with E-state index in [1.54, 1.807) is 18.2 Å². The van der Waals surface area contributed by atoms with Gasteiger partial charge in [-0.25, -0.2) is 4.39 Å². The third-order valence-electron chi connectivity index (χ3n) is 3.15. The maximum absolute atomic E-state index is 13.1. The number of carbonyl (C=O) groups is 1. The molecule has 0 fully saturated rings. The summed E-state index contributed by atoms with van der Waals surface area (Å²) < 4.78 is 24.3. The first-order valence-electron chi connectivity index (χ1n) is 6.60. The predicted octanol–water partition coefficient (Wildman–Crippen LogP) is 4.03. The Hall–Kier alpha value is -1.54. The van der Waals surface area contributed by atoms with Crippen molar-refractivity contribution in [1.82, 2.24) is 5.32 Å². The van der Waals surface area contributed by atoms with E-state index in [-0.39, 0.29) is 17.5 Å². The Morgan fingerprint density at radius 3 is 2.48 bits per heavy atom. The third kappa shape index (κ3) is 4.26. The van der Waals surface area contributed by atoms with E-state index in [9.17, 15) is 9.18 Å². The van der Waals surface area contributed by atoms with E-state index >= 15 is 0 Å². The number of halogens is 3. The molecule has 0 aliphatic heterocycles. The van der Waals surface area contributed by atoms with Gasteiger partial charge in [0.05, 0.1) is 24.8 Å². The van der Waals surface area contributed by atoms with Crippen LogP contribution in [0.1, 0.15) is 15.9 Å². The number of benzene rings is 2. The molecule has 0 aromatic heterocycles. The second kappa shape index (κ2) is 7.83. The van der Waals surface area contributed by atoms with Crippen molar-refractivity contribution >= 4 is 40.1 Å². The van der Waals surface area contributed by atoms with Crippen molar-refractivity contribution in [3.63, 3.8) is 0 Å². The van der Waals surface area contributed by atoms with Gasteiger partial charge in [0.25, 0.3) is 5.91 Å². The molecule has 2 aromatic carbocycles. The second-order valence-corrected chi connectivity index (χ2v) is 6.19. The molecule has 0 atom stereocenters. The van der Waals surface area contributed by atoms with Gasteiger partial charge >= 0.3 is 0 Å². The van der Waals surface area contributed by atoms with Gasteiger partial charge in [0.1, 0.15) is 5.82 Å². The molecule has 0 aliphatic rings. The van der Waals surface area contributed by atoms with Crippen LogP contribution in [0.5, 0.6) is 11.5 Å². The summed E-state index contributed by atoms with van der Waals surface area (Å²) in [4.78, 5) is 12.3. The molecule has 7 heteroatoms. The summed E-state index contributed by atoms with van der Waals surface area (Å²) >= 11 is 7.78. The summed E-state index contributed by atoms with van der Waals surface area (Å²) in [6.07, 6.45) is 0. The molecule has 122 valence electrons. The zero-order valence-corrected chi connectivity index (χ0v) is 15.4. The lowest BCUT2D eigenvalue weighted by Crippen LogP contribution is -2.23. The predicted molar refractivity (Wildman–Crippen MR) is 94.8 cm³/mol. The Labute approximate surface area is 152 Å². The van der Waals surface area contributed by atoms with Crippen LogP contribution in [0.2, 0.25) is 5.02 Å². The molecule has 0 unspecified atom stereocenters. The maximum atomic E-state index is 13.1. The number of nitrogens with one attached hydrogen (secondary N) is 1. The zero-order chi connectivity index (χ0) is 17.0. The van der Waals surface area contributed by atoms with Gasteiger partial charge in [0.2, 0.25) is 0 Å². The van der Waals surface area contributed by atoms with Gasteiger partial charge in [-0.15, -0.1) is 0 Å². The summed E-state index contributed by atoms with van der Waals surface area (Å²) in [5, 5.41) is 2.80. The van der Waals surface area contributed by atoms with Crippen LogP contribution < -0.4 is 14.8 Å². The summed E-state index contributed by atoms with van der Waals surface area (Å²) in [5.41, 5.74) is 1.18. The third-order valence-corrected chi connectivity index (χ3v) is 4.34. The summed E-state index contributed by atoms with van der Waals surface area (Å²) in [6.45, 7) is 0.239. The van der Waals surface area contributed by atoms with Crippen molar-refractivity contribution in [2.24, 2.45) is 0 Å². The highest BCUT2D eigenvalue weighted by Gasteiger charge is 2.15. The van der Waals surface area contributed by atoms with Gasteiger partial charge in [-0.1, -0.05) is 17.7 Å². The van der Waals surface area contributed by atoms with Crippen LogP contribution in [-0.4, -0.2) is 20.1 Å². The first-order chi connectivity index (χ1) is 11.0. The van der Waals surface area contributed by atoms with Crippen LogP contribution in [0.25, 0.3) is 0 Å². The lowest BCUT2D eigenvalue weighted by Gasteiger charge is -2.12. The quantitative estimate of drug-likeness (QED) is 0.701. The number of amides is 1. The van der Waals surface area contributed by atoms with E-state index in [1.807, 2.05) is 0 Å². The zero-order valence-electron chi connectivity index (χ0n) is 12.5. The van der Waals surface area contributed by atoms with E-state index in [1.165, 1.54) is 26.4 Å². The van der Waals surface area contributed by atoms with Gasteiger partial charge in [-0.2, -0.15) is 0 Å². The number of carbonyl (C=O) groups excluding carboxylic acids is 1. The molecule has 1 amide bonds. The molecule has 4 nitrogen and oxygen atoms in total.